The molecule has 0 atom stereocenters. The van der Waals surface area contributed by atoms with Crippen LogP contribution in [0.15, 0.2) is 18.2 Å². The maximum absolute atomic E-state index is 13.0. The zero-order chi connectivity index (χ0) is 14.0. The minimum atomic E-state index is -2.96. The van der Waals surface area contributed by atoms with Crippen molar-refractivity contribution < 1.29 is 22.7 Å². The number of aromatic carboxylic acids is 1. The molecule has 0 spiro atoms. The zero-order valence-electron chi connectivity index (χ0n) is 10.2. The quantitative estimate of drug-likeness (QED) is 0.888. The third-order valence-corrected chi connectivity index (χ3v) is 4.74. The summed E-state index contributed by atoms with van der Waals surface area (Å²) >= 11 is 0. The molecular weight excluding hydrogens is 273 g/mol. The summed E-state index contributed by atoms with van der Waals surface area (Å²) in [5.41, 5.74) is 0.418. The van der Waals surface area contributed by atoms with E-state index in [4.69, 9.17) is 5.11 Å². The Morgan fingerprint density at radius 2 is 1.95 bits per heavy atom. The summed E-state index contributed by atoms with van der Waals surface area (Å²) in [5.74, 6) is -1.62. The number of rotatable bonds is 3. The lowest BCUT2D eigenvalue weighted by atomic mass is 10.1. The summed E-state index contributed by atoms with van der Waals surface area (Å²) in [6, 6.07) is 3.63. The Hall–Kier alpha value is -1.47. The van der Waals surface area contributed by atoms with Crippen LogP contribution in [0.1, 0.15) is 15.9 Å². The van der Waals surface area contributed by atoms with Crippen LogP contribution in [0.2, 0.25) is 0 Å². The van der Waals surface area contributed by atoms with Crippen LogP contribution in [0.5, 0.6) is 0 Å². The van der Waals surface area contributed by atoms with E-state index in [0.717, 1.165) is 6.07 Å². The molecule has 0 aliphatic carbocycles. The third kappa shape index (κ3) is 3.51. The second-order valence-corrected chi connectivity index (χ2v) is 6.84. The van der Waals surface area contributed by atoms with Gasteiger partial charge in [0, 0.05) is 19.6 Å². The van der Waals surface area contributed by atoms with Crippen molar-refractivity contribution in [2.24, 2.45) is 0 Å². The molecule has 7 heteroatoms. The lowest BCUT2D eigenvalue weighted by Gasteiger charge is -2.26. The van der Waals surface area contributed by atoms with Crippen LogP contribution in [-0.2, 0) is 16.4 Å². The molecule has 1 aliphatic rings. The summed E-state index contributed by atoms with van der Waals surface area (Å²) in [4.78, 5) is 12.9. The number of carboxylic acid groups (broad SMARTS) is 1. The van der Waals surface area contributed by atoms with Gasteiger partial charge >= 0.3 is 5.97 Å². The molecule has 1 aromatic carbocycles. The van der Waals surface area contributed by atoms with E-state index in [-0.39, 0.29) is 17.1 Å². The number of carbonyl (C=O) groups is 1. The van der Waals surface area contributed by atoms with Gasteiger partial charge in [-0.15, -0.1) is 0 Å². The number of sulfone groups is 1. The van der Waals surface area contributed by atoms with Crippen LogP contribution < -0.4 is 0 Å². The number of hydrogen-bond donors (Lipinski definition) is 1. The van der Waals surface area contributed by atoms with Crippen LogP contribution in [0.3, 0.4) is 0 Å². The predicted octanol–water partition coefficient (Wildman–Crippen LogP) is 0.754. The van der Waals surface area contributed by atoms with Crippen LogP contribution >= 0.6 is 0 Å². The van der Waals surface area contributed by atoms with Crippen molar-refractivity contribution in [3.05, 3.63) is 35.1 Å². The molecule has 1 fully saturated rings. The van der Waals surface area contributed by atoms with E-state index in [0.29, 0.717) is 25.2 Å². The Balaban J connectivity index is 2.14. The average Bonchev–Trinajstić information content (AvgIpc) is 2.33. The van der Waals surface area contributed by atoms with Crippen molar-refractivity contribution in [1.82, 2.24) is 4.90 Å². The third-order valence-electron chi connectivity index (χ3n) is 3.13. The first kappa shape index (κ1) is 14.0. The molecule has 0 unspecified atom stereocenters. The Kier molecular flexibility index (Phi) is 3.86. The minimum absolute atomic E-state index is 0.0755. The van der Waals surface area contributed by atoms with Crippen molar-refractivity contribution in [1.29, 1.82) is 0 Å². The number of benzene rings is 1. The molecule has 1 heterocycles. The van der Waals surface area contributed by atoms with E-state index < -0.39 is 21.6 Å². The molecule has 0 amide bonds. The lowest BCUT2D eigenvalue weighted by Crippen LogP contribution is -2.39. The fourth-order valence-corrected chi connectivity index (χ4v) is 3.31. The number of carboxylic acids is 1. The van der Waals surface area contributed by atoms with E-state index in [1.165, 1.54) is 12.1 Å². The highest BCUT2D eigenvalue weighted by Gasteiger charge is 2.23. The van der Waals surface area contributed by atoms with Crippen molar-refractivity contribution in [3.8, 4) is 0 Å². The van der Waals surface area contributed by atoms with E-state index in [9.17, 15) is 17.6 Å². The van der Waals surface area contributed by atoms with Gasteiger partial charge in [0.05, 0.1) is 17.1 Å². The maximum atomic E-state index is 13.0. The van der Waals surface area contributed by atoms with Crippen molar-refractivity contribution >= 4 is 15.8 Å². The van der Waals surface area contributed by atoms with Crippen molar-refractivity contribution in [2.75, 3.05) is 24.6 Å². The first-order valence-corrected chi connectivity index (χ1v) is 7.64. The SMILES string of the molecule is O=C(O)c1cc(F)ccc1CN1CCS(=O)(=O)CC1. The number of nitrogens with zero attached hydrogens (tertiary/aromatic N) is 1. The van der Waals surface area contributed by atoms with Crippen LogP contribution in [0.4, 0.5) is 4.39 Å². The topological polar surface area (TPSA) is 74.7 Å². The molecule has 5 nitrogen and oxygen atoms in total. The Bertz CT molecular complexity index is 586. The van der Waals surface area contributed by atoms with Gasteiger partial charge in [0.1, 0.15) is 5.82 Å². The highest BCUT2D eigenvalue weighted by Crippen LogP contribution is 2.15. The highest BCUT2D eigenvalue weighted by atomic mass is 32.2. The van der Waals surface area contributed by atoms with Gasteiger partial charge < -0.3 is 5.11 Å². The summed E-state index contributed by atoms with van der Waals surface area (Å²) in [6.07, 6.45) is 0. The first-order valence-electron chi connectivity index (χ1n) is 5.82. The van der Waals surface area contributed by atoms with E-state index in [1.54, 1.807) is 0 Å². The number of halogens is 1. The molecule has 1 saturated heterocycles. The van der Waals surface area contributed by atoms with E-state index in [2.05, 4.69) is 0 Å². The molecule has 1 N–H and O–H groups in total. The van der Waals surface area contributed by atoms with Gasteiger partial charge in [-0.1, -0.05) is 6.07 Å². The Labute approximate surface area is 110 Å². The molecule has 0 aromatic heterocycles. The fraction of sp³-hybridized carbons (Fsp3) is 0.417. The molecule has 0 bridgehead atoms. The molecule has 104 valence electrons. The molecule has 1 aromatic rings. The van der Waals surface area contributed by atoms with Gasteiger partial charge in [-0.2, -0.15) is 0 Å². The summed E-state index contributed by atoms with van der Waals surface area (Å²) in [5, 5.41) is 9.02. The normalized spacial score (nSPS) is 19.2. The molecule has 2 rings (SSSR count). The summed E-state index contributed by atoms with van der Waals surface area (Å²) < 4.78 is 35.6. The minimum Gasteiger partial charge on any atom is -0.478 e. The van der Waals surface area contributed by atoms with Gasteiger partial charge in [0.15, 0.2) is 9.84 Å². The zero-order valence-corrected chi connectivity index (χ0v) is 11.0. The molecular formula is C12H14FNO4S. The number of hydrogen-bond acceptors (Lipinski definition) is 4. The Morgan fingerprint density at radius 3 is 2.53 bits per heavy atom. The Morgan fingerprint density at radius 1 is 1.32 bits per heavy atom. The van der Waals surface area contributed by atoms with Crippen molar-refractivity contribution in [3.63, 3.8) is 0 Å². The van der Waals surface area contributed by atoms with Gasteiger partial charge in [-0.05, 0) is 17.7 Å². The maximum Gasteiger partial charge on any atom is 0.336 e. The smallest absolute Gasteiger partial charge is 0.336 e. The second-order valence-electron chi connectivity index (χ2n) is 4.53. The van der Waals surface area contributed by atoms with Crippen LogP contribution in [-0.4, -0.2) is 49.0 Å². The highest BCUT2D eigenvalue weighted by molar-refractivity contribution is 7.91. The largest absolute Gasteiger partial charge is 0.478 e. The fourth-order valence-electron chi connectivity index (χ4n) is 2.03. The van der Waals surface area contributed by atoms with Gasteiger partial charge in [0.2, 0.25) is 0 Å². The van der Waals surface area contributed by atoms with Gasteiger partial charge in [-0.3, -0.25) is 4.90 Å². The van der Waals surface area contributed by atoms with Crippen LogP contribution in [0, 0.1) is 5.82 Å². The molecule has 1 aliphatic heterocycles. The molecule has 19 heavy (non-hydrogen) atoms. The van der Waals surface area contributed by atoms with Crippen molar-refractivity contribution in [2.45, 2.75) is 6.54 Å². The summed E-state index contributed by atoms with van der Waals surface area (Å²) in [6.45, 7) is 1.06. The molecule has 0 radical (unpaired) electrons. The monoisotopic (exact) mass is 287 g/mol. The molecule has 0 saturated carbocycles. The van der Waals surface area contributed by atoms with E-state index in [1.807, 2.05) is 4.90 Å². The van der Waals surface area contributed by atoms with Gasteiger partial charge in [0.25, 0.3) is 0 Å². The van der Waals surface area contributed by atoms with E-state index >= 15 is 0 Å². The summed E-state index contributed by atoms with van der Waals surface area (Å²) in [7, 11) is -2.96. The second kappa shape index (κ2) is 5.26. The first-order chi connectivity index (χ1) is 8.87. The van der Waals surface area contributed by atoms with Gasteiger partial charge in [-0.25, -0.2) is 17.6 Å². The standard InChI is InChI=1S/C12H14FNO4S/c13-10-2-1-9(11(7-10)12(15)16)8-14-3-5-19(17,18)6-4-14/h1-2,7H,3-6,8H2,(H,15,16). The predicted molar refractivity (Wildman–Crippen MR) is 67.3 cm³/mol. The lowest BCUT2D eigenvalue weighted by molar-refractivity contribution is 0.0694. The van der Waals surface area contributed by atoms with Crippen LogP contribution in [0.25, 0.3) is 0 Å². The average molecular weight is 287 g/mol.